The van der Waals surface area contributed by atoms with Crippen molar-refractivity contribution >= 4 is 15.9 Å². The minimum absolute atomic E-state index is 0.476. The van der Waals surface area contributed by atoms with Crippen molar-refractivity contribution in [1.82, 2.24) is 4.90 Å². The molecule has 3 nitrogen and oxygen atoms in total. The first-order valence-corrected chi connectivity index (χ1v) is 12.6. The summed E-state index contributed by atoms with van der Waals surface area (Å²) >= 11 is 3.65. The predicted molar refractivity (Wildman–Crippen MR) is 126 cm³/mol. The van der Waals surface area contributed by atoms with Gasteiger partial charge in [0.25, 0.3) is 0 Å². The van der Waals surface area contributed by atoms with Crippen molar-refractivity contribution in [2.75, 3.05) is 13.7 Å². The minimum atomic E-state index is 0.476. The number of nitrogens with two attached hydrogens (primary N) is 1. The van der Waals surface area contributed by atoms with E-state index in [1.54, 1.807) is 7.11 Å². The molecule has 0 amide bonds. The maximum atomic E-state index is 6.09. The van der Waals surface area contributed by atoms with Crippen molar-refractivity contribution in [1.29, 1.82) is 0 Å². The second-order valence-electron chi connectivity index (χ2n) is 9.98. The minimum Gasteiger partial charge on any atom is -0.496 e. The average Bonchev–Trinajstić information content (AvgIpc) is 2.70. The fraction of sp³-hybridized carbons (Fsp3) is 0.760. The maximum Gasteiger partial charge on any atom is 0.133 e. The third-order valence-electron chi connectivity index (χ3n) is 7.09. The normalized spacial score (nSPS) is 28.1. The molecule has 164 valence electrons. The molecule has 3 rings (SSSR count). The molecule has 2 N–H and O–H groups in total. The van der Waals surface area contributed by atoms with Crippen molar-refractivity contribution in [2.45, 2.75) is 90.3 Å². The molecule has 0 aliphatic heterocycles. The maximum absolute atomic E-state index is 6.09. The molecule has 0 saturated heterocycles. The van der Waals surface area contributed by atoms with E-state index in [-0.39, 0.29) is 0 Å². The molecule has 29 heavy (non-hydrogen) atoms. The van der Waals surface area contributed by atoms with E-state index < -0.39 is 0 Å². The van der Waals surface area contributed by atoms with Gasteiger partial charge < -0.3 is 10.5 Å². The zero-order chi connectivity index (χ0) is 20.8. The van der Waals surface area contributed by atoms with Crippen LogP contribution in [0.5, 0.6) is 5.75 Å². The summed E-state index contributed by atoms with van der Waals surface area (Å²) in [5.74, 6) is 3.50. The highest BCUT2D eigenvalue weighted by Crippen LogP contribution is 2.37. The van der Waals surface area contributed by atoms with Crippen LogP contribution in [0.4, 0.5) is 0 Å². The Hall–Kier alpha value is -0.580. The fourth-order valence-electron chi connectivity index (χ4n) is 5.50. The predicted octanol–water partition coefficient (Wildman–Crippen LogP) is 6.38. The highest BCUT2D eigenvalue weighted by Gasteiger charge is 2.29. The summed E-state index contributed by atoms with van der Waals surface area (Å²) in [6.45, 7) is 6.91. The number of rotatable bonds is 8. The lowest BCUT2D eigenvalue weighted by molar-refractivity contribution is 0.106. The Labute approximate surface area is 186 Å². The Morgan fingerprint density at radius 3 is 2.21 bits per heavy atom. The van der Waals surface area contributed by atoms with Gasteiger partial charge in [0.15, 0.2) is 0 Å². The van der Waals surface area contributed by atoms with Crippen LogP contribution in [-0.2, 0) is 6.54 Å². The molecule has 0 aromatic heterocycles. The standard InChI is InChI=1S/C25H41BrN2O/c1-18(2)16-28(17-21-8-13-25(29-3)24(26)15-21)23-11-6-20(7-12-23)14-19-4-9-22(27)10-5-19/h8,13,15,18-20,22-23H,4-7,9-12,14,16-17,27H2,1-3H3. The lowest BCUT2D eigenvalue weighted by Gasteiger charge is -2.39. The van der Waals surface area contributed by atoms with Gasteiger partial charge in [0, 0.05) is 25.2 Å². The van der Waals surface area contributed by atoms with Crippen LogP contribution in [0.3, 0.4) is 0 Å². The Balaban J connectivity index is 1.54. The Morgan fingerprint density at radius 2 is 1.66 bits per heavy atom. The summed E-state index contributed by atoms with van der Waals surface area (Å²) in [4.78, 5) is 2.74. The lowest BCUT2D eigenvalue weighted by Crippen LogP contribution is -2.40. The number of nitrogens with zero attached hydrogens (tertiary/aromatic N) is 1. The molecule has 0 bridgehead atoms. The van der Waals surface area contributed by atoms with E-state index in [2.05, 4.69) is 52.9 Å². The lowest BCUT2D eigenvalue weighted by atomic mass is 9.75. The molecule has 0 radical (unpaired) electrons. The highest BCUT2D eigenvalue weighted by molar-refractivity contribution is 9.10. The molecular weight excluding hydrogens is 424 g/mol. The van der Waals surface area contributed by atoms with Crippen LogP contribution in [0.1, 0.15) is 77.2 Å². The van der Waals surface area contributed by atoms with Gasteiger partial charge in [-0.2, -0.15) is 0 Å². The molecule has 2 aliphatic rings. The van der Waals surface area contributed by atoms with Crippen LogP contribution in [0.2, 0.25) is 0 Å². The quantitative estimate of drug-likeness (QED) is 0.484. The molecule has 1 aromatic rings. The number of hydrogen-bond acceptors (Lipinski definition) is 3. The molecule has 0 spiro atoms. The smallest absolute Gasteiger partial charge is 0.133 e. The third kappa shape index (κ3) is 6.97. The number of methoxy groups -OCH3 is 1. The SMILES string of the molecule is COc1ccc(CN(CC(C)C)C2CCC(CC3CCC(N)CC3)CC2)cc1Br. The summed E-state index contributed by atoms with van der Waals surface area (Å²) < 4.78 is 6.45. The van der Waals surface area contributed by atoms with Gasteiger partial charge in [-0.1, -0.05) is 19.9 Å². The van der Waals surface area contributed by atoms with E-state index in [0.29, 0.717) is 12.0 Å². The zero-order valence-corrected chi connectivity index (χ0v) is 20.3. The van der Waals surface area contributed by atoms with E-state index in [0.717, 1.165) is 34.6 Å². The van der Waals surface area contributed by atoms with Crippen molar-refractivity contribution in [3.8, 4) is 5.75 Å². The van der Waals surface area contributed by atoms with Gasteiger partial charge >= 0.3 is 0 Å². The van der Waals surface area contributed by atoms with E-state index in [9.17, 15) is 0 Å². The Bertz CT molecular complexity index is 619. The van der Waals surface area contributed by atoms with Crippen LogP contribution in [0.15, 0.2) is 22.7 Å². The summed E-state index contributed by atoms with van der Waals surface area (Å²) in [5.41, 5.74) is 7.47. The third-order valence-corrected chi connectivity index (χ3v) is 7.71. The fourth-order valence-corrected chi connectivity index (χ4v) is 6.08. The van der Waals surface area contributed by atoms with Gasteiger partial charge in [0.2, 0.25) is 0 Å². The largest absolute Gasteiger partial charge is 0.496 e. The molecule has 0 heterocycles. The molecule has 2 fully saturated rings. The van der Waals surface area contributed by atoms with E-state index in [4.69, 9.17) is 10.5 Å². The van der Waals surface area contributed by atoms with E-state index in [1.165, 1.54) is 69.9 Å². The number of halogens is 1. The Kier molecular flexibility index (Phi) is 8.88. The van der Waals surface area contributed by atoms with Crippen LogP contribution >= 0.6 is 15.9 Å². The average molecular weight is 466 g/mol. The van der Waals surface area contributed by atoms with E-state index >= 15 is 0 Å². The highest BCUT2D eigenvalue weighted by atomic mass is 79.9. The van der Waals surface area contributed by atoms with Gasteiger partial charge in [-0.3, -0.25) is 4.90 Å². The second-order valence-corrected chi connectivity index (χ2v) is 10.8. The molecule has 0 unspecified atom stereocenters. The van der Waals surface area contributed by atoms with Gasteiger partial charge in [-0.25, -0.2) is 0 Å². The van der Waals surface area contributed by atoms with Gasteiger partial charge in [-0.15, -0.1) is 0 Å². The number of benzene rings is 1. The van der Waals surface area contributed by atoms with Crippen molar-refractivity contribution < 1.29 is 4.74 Å². The van der Waals surface area contributed by atoms with Crippen molar-refractivity contribution in [3.05, 3.63) is 28.2 Å². The van der Waals surface area contributed by atoms with Crippen LogP contribution in [0, 0.1) is 17.8 Å². The first-order chi connectivity index (χ1) is 13.9. The van der Waals surface area contributed by atoms with Crippen LogP contribution in [-0.4, -0.2) is 30.6 Å². The van der Waals surface area contributed by atoms with Crippen molar-refractivity contribution in [2.24, 2.45) is 23.5 Å². The van der Waals surface area contributed by atoms with Crippen molar-refractivity contribution in [3.63, 3.8) is 0 Å². The zero-order valence-electron chi connectivity index (χ0n) is 18.7. The summed E-state index contributed by atoms with van der Waals surface area (Å²) in [7, 11) is 1.73. The summed E-state index contributed by atoms with van der Waals surface area (Å²) in [6, 6.07) is 7.74. The first kappa shape index (κ1) is 23.1. The first-order valence-electron chi connectivity index (χ1n) is 11.8. The topological polar surface area (TPSA) is 38.5 Å². The van der Waals surface area contributed by atoms with Gasteiger partial charge in [0.05, 0.1) is 11.6 Å². The number of hydrogen-bond donors (Lipinski definition) is 1. The summed E-state index contributed by atoms with van der Waals surface area (Å²) in [6.07, 6.45) is 12.2. The van der Waals surface area contributed by atoms with E-state index in [1.807, 2.05) is 0 Å². The van der Waals surface area contributed by atoms with Gasteiger partial charge in [-0.05, 0) is 109 Å². The molecular formula is C25H41BrN2O. The monoisotopic (exact) mass is 464 g/mol. The van der Waals surface area contributed by atoms with Gasteiger partial charge in [0.1, 0.15) is 5.75 Å². The summed E-state index contributed by atoms with van der Waals surface area (Å²) in [5, 5.41) is 0. The molecule has 1 aromatic carbocycles. The molecule has 0 atom stereocenters. The van der Waals surface area contributed by atoms with Crippen LogP contribution in [0.25, 0.3) is 0 Å². The Morgan fingerprint density at radius 1 is 1.03 bits per heavy atom. The second kappa shape index (κ2) is 11.2. The molecule has 2 aliphatic carbocycles. The molecule has 2 saturated carbocycles. The van der Waals surface area contributed by atoms with Crippen LogP contribution < -0.4 is 10.5 Å². The molecule has 4 heteroatoms. The number of ether oxygens (including phenoxy) is 1.